The van der Waals surface area contributed by atoms with Gasteiger partial charge in [-0.05, 0) is 25.3 Å². The van der Waals surface area contributed by atoms with E-state index in [1.54, 1.807) is 0 Å². The Balaban J connectivity index is 2.38. The molecule has 0 fully saturated rings. The number of aliphatic hydroxyl groups is 1. The molecule has 1 N–H and O–H groups in total. The van der Waals surface area contributed by atoms with E-state index in [2.05, 4.69) is 28.1 Å². The van der Waals surface area contributed by atoms with Crippen LogP contribution in [0.15, 0.2) is 42.0 Å². The Morgan fingerprint density at radius 3 is 2.67 bits per heavy atom. The highest BCUT2D eigenvalue weighted by atomic mass is 79.9. The lowest BCUT2D eigenvalue weighted by Crippen LogP contribution is -2.05. The maximum atomic E-state index is 9.71. The van der Waals surface area contributed by atoms with E-state index in [9.17, 15) is 5.11 Å². The van der Waals surface area contributed by atoms with Crippen LogP contribution in [-0.2, 0) is 6.42 Å². The molecular weight excluding hydrogens is 252 g/mol. The summed E-state index contributed by atoms with van der Waals surface area (Å²) < 4.78 is 0. The SMILES string of the molecule is C/C(=C/C(O)CCc1ccccc1)CBr. The molecule has 1 unspecified atom stereocenters. The van der Waals surface area contributed by atoms with Gasteiger partial charge in [0.15, 0.2) is 0 Å². The van der Waals surface area contributed by atoms with Crippen molar-refractivity contribution in [3.63, 3.8) is 0 Å². The van der Waals surface area contributed by atoms with Crippen molar-refractivity contribution in [1.29, 1.82) is 0 Å². The summed E-state index contributed by atoms with van der Waals surface area (Å²) >= 11 is 3.36. The summed E-state index contributed by atoms with van der Waals surface area (Å²) in [5.41, 5.74) is 2.46. The van der Waals surface area contributed by atoms with Gasteiger partial charge in [0.05, 0.1) is 6.10 Å². The lowest BCUT2D eigenvalue weighted by molar-refractivity contribution is 0.212. The van der Waals surface area contributed by atoms with E-state index in [1.807, 2.05) is 31.2 Å². The molecule has 82 valence electrons. The van der Waals surface area contributed by atoms with Crippen molar-refractivity contribution >= 4 is 15.9 Å². The first-order valence-electron chi connectivity index (χ1n) is 5.17. The fourth-order valence-electron chi connectivity index (χ4n) is 1.42. The topological polar surface area (TPSA) is 20.2 Å². The van der Waals surface area contributed by atoms with Crippen molar-refractivity contribution in [2.45, 2.75) is 25.9 Å². The molecule has 0 spiro atoms. The van der Waals surface area contributed by atoms with Crippen molar-refractivity contribution in [3.8, 4) is 0 Å². The van der Waals surface area contributed by atoms with Crippen LogP contribution in [0, 0.1) is 0 Å². The zero-order valence-electron chi connectivity index (χ0n) is 8.99. The molecule has 0 saturated heterocycles. The lowest BCUT2D eigenvalue weighted by Gasteiger charge is -2.06. The monoisotopic (exact) mass is 268 g/mol. The highest BCUT2D eigenvalue weighted by Crippen LogP contribution is 2.08. The number of allylic oxidation sites excluding steroid dienone is 1. The molecule has 0 saturated carbocycles. The molecule has 1 aromatic carbocycles. The first-order chi connectivity index (χ1) is 7.22. The Hall–Kier alpha value is -0.600. The molecule has 1 nitrogen and oxygen atoms in total. The molecule has 0 aromatic heterocycles. The maximum Gasteiger partial charge on any atom is 0.0726 e. The average molecular weight is 269 g/mol. The quantitative estimate of drug-likeness (QED) is 0.642. The van der Waals surface area contributed by atoms with Gasteiger partial charge in [0.2, 0.25) is 0 Å². The van der Waals surface area contributed by atoms with Gasteiger partial charge in [-0.25, -0.2) is 0 Å². The van der Waals surface area contributed by atoms with E-state index in [-0.39, 0.29) is 6.10 Å². The molecule has 0 aliphatic carbocycles. The number of benzene rings is 1. The normalized spacial score (nSPS) is 13.9. The number of aliphatic hydroxyl groups excluding tert-OH is 1. The van der Waals surface area contributed by atoms with Crippen LogP contribution in [-0.4, -0.2) is 16.5 Å². The van der Waals surface area contributed by atoms with E-state index in [0.29, 0.717) is 0 Å². The van der Waals surface area contributed by atoms with Gasteiger partial charge in [0.25, 0.3) is 0 Å². The molecule has 0 amide bonds. The second-order valence-corrected chi connectivity index (χ2v) is 4.30. The summed E-state index contributed by atoms with van der Waals surface area (Å²) in [5, 5.41) is 10.5. The smallest absolute Gasteiger partial charge is 0.0726 e. The van der Waals surface area contributed by atoms with Gasteiger partial charge < -0.3 is 5.11 Å². The van der Waals surface area contributed by atoms with Gasteiger partial charge >= 0.3 is 0 Å². The second kappa shape index (κ2) is 6.81. The van der Waals surface area contributed by atoms with Gasteiger partial charge in [-0.15, -0.1) is 0 Å². The number of aryl methyl sites for hydroxylation is 1. The minimum Gasteiger partial charge on any atom is -0.389 e. The number of hydrogen-bond donors (Lipinski definition) is 1. The molecule has 0 aliphatic rings. The first-order valence-corrected chi connectivity index (χ1v) is 6.29. The molecule has 1 rings (SSSR count). The van der Waals surface area contributed by atoms with Gasteiger partial charge in [0, 0.05) is 5.33 Å². The molecule has 15 heavy (non-hydrogen) atoms. The third kappa shape index (κ3) is 5.14. The largest absolute Gasteiger partial charge is 0.389 e. The van der Waals surface area contributed by atoms with Crippen molar-refractivity contribution in [1.82, 2.24) is 0 Å². The van der Waals surface area contributed by atoms with Crippen LogP contribution in [0.4, 0.5) is 0 Å². The van der Waals surface area contributed by atoms with Crippen LogP contribution in [0.3, 0.4) is 0 Å². The molecule has 1 aromatic rings. The van der Waals surface area contributed by atoms with Crippen molar-refractivity contribution in [3.05, 3.63) is 47.5 Å². The van der Waals surface area contributed by atoms with Gasteiger partial charge in [0.1, 0.15) is 0 Å². The van der Waals surface area contributed by atoms with Crippen molar-refractivity contribution in [2.24, 2.45) is 0 Å². The Morgan fingerprint density at radius 1 is 1.40 bits per heavy atom. The molecule has 0 bridgehead atoms. The van der Waals surface area contributed by atoms with Crippen molar-refractivity contribution in [2.75, 3.05) is 5.33 Å². The van der Waals surface area contributed by atoms with E-state index in [4.69, 9.17) is 0 Å². The van der Waals surface area contributed by atoms with E-state index >= 15 is 0 Å². The Kier molecular flexibility index (Phi) is 5.66. The molecule has 0 aliphatic heterocycles. The molecule has 1 atom stereocenters. The standard InChI is InChI=1S/C13H17BrO/c1-11(10-14)9-13(15)8-7-12-5-3-2-4-6-12/h2-6,9,13,15H,7-8,10H2,1H3/b11-9-. The predicted molar refractivity (Wildman–Crippen MR) is 68.3 cm³/mol. The zero-order chi connectivity index (χ0) is 11.1. The van der Waals surface area contributed by atoms with E-state index in [0.717, 1.165) is 18.2 Å². The summed E-state index contributed by atoms with van der Waals surface area (Å²) in [7, 11) is 0. The van der Waals surface area contributed by atoms with Crippen LogP contribution in [0.1, 0.15) is 18.9 Å². The fraction of sp³-hybridized carbons (Fsp3) is 0.385. The summed E-state index contributed by atoms with van der Waals surface area (Å²) in [5.74, 6) is 0. The minimum atomic E-state index is -0.331. The van der Waals surface area contributed by atoms with Crippen LogP contribution < -0.4 is 0 Å². The second-order valence-electron chi connectivity index (χ2n) is 3.74. The summed E-state index contributed by atoms with van der Waals surface area (Å²) in [4.78, 5) is 0. The highest BCUT2D eigenvalue weighted by molar-refractivity contribution is 9.09. The maximum absolute atomic E-state index is 9.71. The van der Waals surface area contributed by atoms with Gasteiger partial charge in [-0.3, -0.25) is 0 Å². The van der Waals surface area contributed by atoms with Crippen LogP contribution >= 0.6 is 15.9 Å². The number of alkyl halides is 1. The lowest BCUT2D eigenvalue weighted by atomic mass is 10.1. The van der Waals surface area contributed by atoms with Gasteiger partial charge in [-0.2, -0.15) is 0 Å². The number of hydrogen-bond acceptors (Lipinski definition) is 1. The molecular formula is C13H17BrO. The Labute approximate surface area is 100.0 Å². The number of rotatable bonds is 5. The van der Waals surface area contributed by atoms with Crippen molar-refractivity contribution < 1.29 is 5.11 Å². The van der Waals surface area contributed by atoms with Crippen LogP contribution in [0.5, 0.6) is 0 Å². The average Bonchev–Trinajstić information content (AvgIpc) is 2.27. The Bertz CT molecular complexity index is 306. The summed E-state index contributed by atoms with van der Waals surface area (Å²) in [6, 6.07) is 10.2. The predicted octanol–water partition coefficient (Wildman–Crippen LogP) is 3.32. The zero-order valence-corrected chi connectivity index (χ0v) is 10.6. The molecule has 0 radical (unpaired) electrons. The fourth-order valence-corrected chi connectivity index (χ4v) is 1.60. The highest BCUT2D eigenvalue weighted by Gasteiger charge is 2.01. The van der Waals surface area contributed by atoms with E-state index < -0.39 is 0 Å². The number of halogens is 1. The molecule has 2 heteroatoms. The summed E-state index contributed by atoms with van der Waals surface area (Å²) in [6.07, 6.45) is 3.29. The Morgan fingerprint density at radius 2 is 2.07 bits per heavy atom. The van der Waals surface area contributed by atoms with Gasteiger partial charge in [-0.1, -0.05) is 57.9 Å². The first kappa shape index (κ1) is 12.5. The third-order valence-electron chi connectivity index (χ3n) is 2.26. The third-order valence-corrected chi connectivity index (χ3v) is 3.14. The van der Waals surface area contributed by atoms with E-state index in [1.165, 1.54) is 11.1 Å². The summed E-state index contributed by atoms with van der Waals surface area (Å²) in [6.45, 7) is 2.01. The minimum absolute atomic E-state index is 0.331. The van der Waals surface area contributed by atoms with Crippen LogP contribution in [0.25, 0.3) is 0 Å². The molecule has 0 heterocycles. The van der Waals surface area contributed by atoms with Crippen LogP contribution in [0.2, 0.25) is 0 Å².